The Morgan fingerprint density at radius 1 is 1.64 bits per heavy atom. The summed E-state index contributed by atoms with van der Waals surface area (Å²) >= 11 is 0. The average Bonchev–Trinajstić information content (AvgIpc) is 2.09. The lowest BCUT2D eigenvalue weighted by atomic mass is 10.2. The SMILES string of the molecule is C/C(N)=C/c1cc(C)[nH]c1N. The number of aryl methyl sites for hydroxylation is 1. The second-order valence-corrected chi connectivity index (χ2v) is 2.71. The standard InChI is InChI=1S/C8H13N3/c1-5(9)3-7-4-6(2)11-8(7)10/h3-4,11H,9-10H2,1-2H3/b5-3-. The average molecular weight is 151 g/mol. The Bertz CT molecular complexity index is 280. The van der Waals surface area contributed by atoms with Crippen molar-refractivity contribution in [1.29, 1.82) is 0 Å². The van der Waals surface area contributed by atoms with E-state index < -0.39 is 0 Å². The van der Waals surface area contributed by atoms with E-state index in [9.17, 15) is 0 Å². The van der Waals surface area contributed by atoms with Crippen LogP contribution in [0.5, 0.6) is 0 Å². The van der Waals surface area contributed by atoms with Gasteiger partial charge in [-0.05, 0) is 26.0 Å². The second kappa shape index (κ2) is 2.70. The van der Waals surface area contributed by atoms with Gasteiger partial charge in [-0.3, -0.25) is 0 Å². The van der Waals surface area contributed by atoms with Gasteiger partial charge < -0.3 is 16.5 Å². The van der Waals surface area contributed by atoms with E-state index in [0.29, 0.717) is 5.82 Å². The van der Waals surface area contributed by atoms with Gasteiger partial charge in [-0.1, -0.05) is 0 Å². The van der Waals surface area contributed by atoms with Crippen LogP contribution in [0, 0.1) is 6.92 Å². The molecule has 0 aromatic carbocycles. The normalized spacial score (nSPS) is 12.0. The molecule has 1 heterocycles. The highest BCUT2D eigenvalue weighted by Gasteiger charge is 1.98. The summed E-state index contributed by atoms with van der Waals surface area (Å²) in [6, 6.07) is 1.96. The number of nitrogens with one attached hydrogen (secondary N) is 1. The molecule has 0 aliphatic heterocycles. The fraction of sp³-hybridized carbons (Fsp3) is 0.250. The highest BCUT2D eigenvalue weighted by atomic mass is 14.8. The summed E-state index contributed by atoms with van der Waals surface area (Å²) in [4.78, 5) is 2.99. The Morgan fingerprint density at radius 2 is 2.27 bits per heavy atom. The van der Waals surface area contributed by atoms with Crippen LogP contribution in [0.4, 0.5) is 5.82 Å². The third kappa shape index (κ3) is 1.77. The Balaban J connectivity index is 3.04. The highest BCUT2D eigenvalue weighted by Crippen LogP contribution is 2.14. The Kier molecular flexibility index (Phi) is 1.89. The lowest BCUT2D eigenvalue weighted by Gasteiger charge is -1.91. The Morgan fingerprint density at radius 3 is 2.64 bits per heavy atom. The van der Waals surface area contributed by atoms with Crippen molar-refractivity contribution < 1.29 is 0 Å². The van der Waals surface area contributed by atoms with Crippen LogP contribution >= 0.6 is 0 Å². The Labute approximate surface area is 66.1 Å². The van der Waals surface area contributed by atoms with Crippen molar-refractivity contribution in [3.05, 3.63) is 23.0 Å². The molecule has 0 aliphatic carbocycles. The summed E-state index contributed by atoms with van der Waals surface area (Å²) in [7, 11) is 0. The van der Waals surface area contributed by atoms with Crippen molar-refractivity contribution in [2.24, 2.45) is 5.73 Å². The monoisotopic (exact) mass is 151 g/mol. The van der Waals surface area contributed by atoms with Gasteiger partial charge >= 0.3 is 0 Å². The van der Waals surface area contributed by atoms with Gasteiger partial charge in [0.2, 0.25) is 0 Å². The lowest BCUT2D eigenvalue weighted by Crippen LogP contribution is -1.91. The van der Waals surface area contributed by atoms with E-state index in [1.807, 2.05) is 26.0 Å². The molecule has 5 N–H and O–H groups in total. The number of aromatic amines is 1. The van der Waals surface area contributed by atoms with Crippen LogP contribution in [-0.2, 0) is 0 Å². The number of rotatable bonds is 1. The number of H-pyrrole nitrogens is 1. The molecule has 3 heteroatoms. The first-order valence-electron chi connectivity index (χ1n) is 3.48. The molecule has 0 unspecified atom stereocenters. The van der Waals surface area contributed by atoms with E-state index in [1.165, 1.54) is 0 Å². The van der Waals surface area contributed by atoms with Crippen molar-refractivity contribution in [3.63, 3.8) is 0 Å². The van der Waals surface area contributed by atoms with Crippen molar-refractivity contribution in [3.8, 4) is 0 Å². The number of nitrogen functional groups attached to an aromatic ring is 1. The first kappa shape index (κ1) is 7.72. The van der Waals surface area contributed by atoms with Crippen LogP contribution in [0.2, 0.25) is 0 Å². The molecule has 0 atom stereocenters. The maximum absolute atomic E-state index is 5.63. The fourth-order valence-electron chi connectivity index (χ4n) is 0.996. The van der Waals surface area contributed by atoms with Gasteiger partial charge in [0, 0.05) is 17.0 Å². The van der Waals surface area contributed by atoms with Gasteiger partial charge in [-0.2, -0.15) is 0 Å². The van der Waals surface area contributed by atoms with Crippen LogP contribution in [0.25, 0.3) is 6.08 Å². The molecule has 1 rings (SSSR count). The minimum Gasteiger partial charge on any atom is -0.402 e. The van der Waals surface area contributed by atoms with Crippen molar-refractivity contribution in [2.45, 2.75) is 13.8 Å². The lowest BCUT2D eigenvalue weighted by molar-refractivity contribution is 1.27. The van der Waals surface area contributed by atoms with Gasteiger partial charge in [0.15, 0.2) is 0 Å². The van der Waals surface area contributed by atoms with Gasteiger partial charge in [0.25, 0.3) is 0 Å². The van der Waals surface area contributed by atoms with Crippen LogP contribution < -0.4 is 11.5 Å². The predicted molar refractivity (Wildman–Crippen MR) is 47.8 cm³/mol. The molecule has 0 spiro atoms. The van der Waals surface area contributed by atoms with E-state index in [0.717, 1.165) is 17.0 Å². The summed E-state index contributed by atoms with van der Waals surface area (Å²) in [5.74, 6) is 0.673. The molecule has 1 aromatic rings. The van der Waals surface area contributed by atoms with Crippen LogP contribution in [-0.4, -0.2) is 4.98 Å². The van der Waals surface area contributed by atoms with Crippen molar-refractivity contribution in [2.75, 3.05) is 5.73 Å². The van der Waals surface area contributed by atoms with Crippen LogP contribution in [0.15, 0.2) is 11.8 Å². The first-order valence-corrected chi connectivity index (χ1v) is 3.48. The smallest absolute Gasteiger partial charge is 0.108 e. The number of hydrogen-bond donors (Lipinski definition) is 3. The minimum absolute atomic E-state index is 0.673. The minimum atomic E-state index is 0.673. The molecule has 0 saturated carbocycles. The fourth-order valence-corrected chi connectivity index (χ4v) is 0.996. The molecule has 11 heavy (non-hydrogen) atoms. The van der Waals surface area contributed by atoms with E-state index in [-0.39, 0.29) is 0 Å². The summed E-state index contributed by atoms with van der Waals surface area (Å²) < 4.78 is 0. The first-order chi connectivity index (χ1) is 5.09. The zero-order valence-corrected chi connectivity index (χ0v) is 6.81. The Hall–Kier alpha value is -1.38. The third-order valence-electron chi connectivity index (χ3n) is 1.40. The molecular weight excluding hydrogens is 138 g/mol. The molecule has 0 aliphatic rings. The molecule has 0 radical (unpaired) electrons. The summed E-state index contributed by atoms with van der Waals surface area (Å²) in [5, 5.41) is 0. The number of aromatic nitrogens is 1. The van der Waals surface area contributed by atoms with Crippen LogP contribution in [0.1, 0.15) is 18.2 Å². The van der Waals surface area contributed by atoms with Crippen LogP contribution in [0.3, 0.4) is 0 Å². The molecule has 60 valence electrons. The topological polar surface area (TPSA) is 67.8 Å². The molecule has 1 aromatic heterocycles. The molecule has 3 nitrogen and oxygen atoms in total. The van der Waals surface area contributed by atoms with Gasteiger partial charge in [0.1, 0.15) is 5.82 Å². The molecule has 0 bridgehead atoms. The van der Waals surface area contributed by atoms with E-state index in [1.54, 1.807) is 0 Å². The molecule has 0 saturated heterocycles. The number of nitrogens with two attached hydrogens (primary N) is 2. The van der Waals surface area contributed by atoms with E-state index in [2.05, 4.69) is 4.98 Å². The summed E-state index contributed by atoms with van der Waals surface area (Å²) in [6.07, 6.45) is 1.85. The maximum atomic E-state index is 5.63. The second-order valence-electron chi connectivity index (χ2n) is 2.71. The highest BCUT2D eigenvalue weighted by molar-refractivity contribution is 5.63. The zero-order chi connectivity index (χ0) is 8.43. The zero-order valence-electron chi connectivity index (χ0n) is 6.81. The van der Waals surface area contributed by atoms with Crippen molar-refractivity contribution >= 4 is 11.9 Å². The van der Waals surface area contributed by atoms with E-state index in [4.69, 9.17) is 11.5 Å². The molecular formula is C8H13N3. The maximum Gasteiger partial charge on any atom is 0.108 e. The quantitative estimate of drug-likeness (QED) is 0.565. The summed E-state index contributed by atoms with van der Waals surface area (Å²) in [5.41, 5.74) is 13.9. The van der Waals surface area contributed by atoms with E-state index >= 15 is 0 Å². The predicted octanol–water partition coefficient (Wildman–Crippen LogP) is 1.22. The summed E-state index contributed by atoms with van der Waals surface area (Å²) in [6.45, 7) is 3.79. The number of anilines is 1. The third-order valence-corrected chi connectivity index (χ3v) is 1.40. The molecule has 0 fully saturated rings. The van der Waals surface area contributed by atoms with Gasteiger partial charge in [0.05, 0.1) is 0 Å². The van der Waals surface area contributed by atoms with Gasteiger partial charge in [-0.15, -0.1) is 0 Å². The largest absolute Gasteiger partial charge is 0.402 e. The van der Waals surface area contributed by atoms with Crippen molar-refractivity contribution in [1.82, 2.24) is 4.98 Å². The number of allylic oxidation sites excluding steroid dienone is 1. The molecule has 0 amide bonds. The van der Waals surface area contributed by atoms with Gasteiger partial charge in [-0.25, -0.2) is 0 Å². The number of hydrogen-bond acceptors (Lipinski definition) is 2.